The fourth-order valence-corrected chi connectivity index (χ4v) is 2.55. The second kappa shape index (κ2) is 8.11. The van der Waals surface area contributed by atoms with E-state index in [0.717, 1.165) is 23.5 Å². The lowest BCUT2D eigenvalue weighted by atomic mass is 10.1. The Morgan fingerprint density at radius 2 is 1.75 bits per heavy atom. The summed E-state index contributed by atoms with van der Waals surface area (Å²) in [5, 5.41) is 3.45. The molecule has 0 amide bonds. The molecule has 1 unspecified atom stereocenters. The molecule has 1 heterocycles. The summed E-state index contributed by atoms with van der Waals surface area (Å²) in [6.45, 7) is 10.6. The number of nitrogens with one attached hydrogen (secondary N) is 1. The molecule has 0 saturated heterocycles. The maximum atomic E-state index is 6.04. The van der Waals surface area contributed by atoms with Gasteiger partial charge in [0.2, 0.25) is 5.88 Å². The van der Waals surface area contributed by atoms with E-state index in [2.05, 4.69) is 54.3 Å². The van der Waals surface area contributed by atoms with Gasteiger partial charge in [-0.1, -0.05) is 25.1 Å². The second-order valence-electron chi connectivity index (χ2n) is 6.04. The summed E-state index contributed by atoms with van der Waals surface area (Å²) in [5.74, 6) is 2.07. The largest absolute Gasteiger partial charge is 0.472 e. The Morgan fingerprint density at radius 1 is 1.08 bits per heavy atom. The van der Waals surface area contributed by atoms with Crippen LogP contribution in [0.2, 0.25) is 0 Å². The van der Waals surface area contributed by atoms with Crippen LogP contribution in [0.5, 0.6) is 5.88 Å². The van der Waals surface area contributed by atoms with Crippen molar-refractivity contribution in [2.75, 3.05) is 19.0 Å². The van der Waals surface area contributed by atoms with E-state index in [9.17, 15) is 0 Å². The van der Waals surface area contributed by atoms with Gasteiger partial charge in [-0.05, 0) is 45.2 Å². The third kappa shape index (κ3) is 4.23. The van der Waals surface area contributed by atoms with Gasteiger partial charge in [-0.15, -0.1) is 0 Å². The van der Waals surface area contributed by atoms with Crippen molar-refractivity contribution in [2.45, 2.75) is 47.1 Å². The zero-order valence-corrected chi connectivity index (χ0v) is 15.4. The second-order valence-corrected chi connectivity index (χ2v) is 6.04. The number of methoxy groups -OCH3 is 1. The molecule has 1 atom stereocenters. The highest BCUT2D eigenvalue weighted by molar-refractivity contribution is 5.67. The molecule has 0 radical (unpaired) electrons. The highest BCUT2D eigenvalue weighted by atomic mass is 16.5. The minimum absolute atomic E-state index is 0.0175. The first kappa shape index (κ1) is 18.2. The first-order valence-corrected chi connectivity index (χ1v) is 8.30. The predicted octanol–water partition coefficient (Wildman–Crippen LogP) is 4.26. The number of nitrogens with zero attached hydrogens (tertiary/aromatic N) is 2. The number of aromatic nitrogens is 2. The first-order valence-electron chi connectivity index (χ1n) is 8.30. The number of rotatable bonds is 7. The summed E-state index contributed by atoms with van der Waals surface area (Å²) in [4.78, 5) is 9.02. The summed E-state index contributed by atoms with van der Waals surface area (Å²) in [6.07, 6.45) is 0.840. The SMILES string of the molecule is CCC(COC)Oc1nc(C)nc(Nc2c(C)cccc2C)c1C. The van der Waals surface area contributed by atoms with Gasteiger partial charge in [-0.2, -0.15) is 4.98 Å². The molecule has 0 spiro atoms. The van der Waals surface area contributed by atoms with Gasteiger partial charge in [0.15, 0.2) is 0 Å². The molecule has 2 aromatic rings. The average Bonchev–Trinajstić information content (AvgIpc) is 2.54. The highest BCUT2D eigenvalue weighted by Crippen LogP contribution is 2.29. The van der Waals surface area contributed by atoms with E-state index >= 15 is 0 Å². The number of hydrogen-bond acceptors (Lipinski definition) is 5. The lowest BCUT2D eigenvalue weighted by molar-refractivity contribution is 0.0750. The van der Waals surface area contributed by atoms with Crippen molar-refractivity contribution in [1.29, 1.82) is 0 Å². The molecular weight excluding hydrogens is 302 g/mol. The van der Waals surface area contributed by atoms with Crippen LogP contribution in [-0.4, -0.2) is 29.8 Å². The van der Waals surface area contributed by atoms with Crippen molar-refractivity contribution >= 4 is 11.5 Å². The molecule has 5 nitrogen and oxygen atoms in total. The molecule has 0 fully saturated rings. The van der Waals surface area contributed by atoms with Crippen LogP contribution in [0.15, 0.2) is 18.2 Å². The predicted molar refractivity (Wildman–Crippen MR) is 97.3 cm³/mol. The van der Waals surface area contributed by atoms with Crippen LogP contribution < -0.4 is 10.1 Å². The molecule has 1 aromatic carbocycles. The molecule has 1 aromatic heterocycles. The van der Waals surface area contributed by atoms with Crippen LogP contribution >= 0.6 is 0 Å². The molecule has 2 rings (SSSR count). The quantitative estimate of drug-likeness (QED) is 0.822. The van der Waals surface area contributed by atoms with Gasteiger partial charge in [0.05, 0.1) is 12.2 Å². The lowest BCUT2D eigenvalue weighted by Crippen LogP contribution is -2.22. The van der Waals surface area contributed by atoms with Crippen molar-refractivity contribution in [3.8, 4) is 5.88 Å². The number of benzene rings is 1. The van der Waals surface area contributed by atoms with E-state index in [0.29, 0.717) is 18.3 Å². The normalized spacial score (nSPS) is 12.1. The summed E-state index contributed by atoms with van der Waals surface area (Å²) in [7, 11) is 1.68. The van der Waals surface area contributed by atoms with Crippen LogP contribution in [0.25, 0.3) is 0 Å². The Morgan fingerprint density at radius 3 is 2.33 bits per heavy atom. The molecule has 0 bridgehead atoms. The number of anilines is 2. The Balaban J connectivity index is 2.34. The van der Waals surface area contributed by atoms with E-state index in [1.165, 1.54) is 11.1 Å². The standard InChI is InChI=1S/C19H27N3O2/c1-7-16(11-23-6)24-19-14(4)18(20-15(5)21-19)22-17-12(2)9-8-10-13(17)3/h8-10,16H,7,11H2,1-6H3,(H,20,21,22). The monoisotopic (exact) mass is 329 g/mol. The van der Waals surface area contributed by atoms with Crippen LogP contribution in [0, 0.1) is 27.7 Å². The van der Waals surface area contributed by atoms with Gasteiger partial charge in [-0.25, -0.2) is 4.98 Å². The average molecular weight is 329 g/mol. The third-order valence-corrected chi connectivity index (χ3v) is 4.02. The summed E-state index contributed by atoms with van der Waals surface area (Å²) >= 11 is 0. The van der Waals surface area contributed by atoms with Crippen LogP contribution in [0.4, 0.5) is 11.5 Å². The first-order chi connectivity index (χ1) is 11.5. The maximum absolute atomic E-state index is 6.04. The molecule has 24 heavy (non-hydrogen) atoms. The van der Waals surface area contributed by atoms with E-state index in [1.807, 2.05) is 13.8 Å². The smallest absolute Gasteiger partial charge is 0.222 e. The summed E-state index contributed by atoms with van der Waals surface area (Å²) in [5.41, 5.74) is 4.34. The molecule has 130 valence electrons. The number of hydrogen-bond donors (Lipinski definition) is 1. The lowest BCUT2D eigenvalue weighted by Gasteiger charge is -2.20. The molecule has 0 aliphatic rings. The number of aryl methyl sites for hydroxylation is 3. The van der Waals surface area contributed by atoms with Gasteiger partial charge in [0, 0.05) is 12.8 Å². The van der Waals surface area contributed by atoms with E-state index in [-0.39, 0.29) is 6.10 Å². The summed E-state index contributed by atoms with van der Waals surface area (Å²) in [6, 6.07) is 6.22. The molecule has 0 aliphatic carbocycles. The molecule has 0 saturated carbocycles. The minimum atomic E-state index is -0.0175. The van der Waals surface area contributed by atoms with Gasteiger partial charge in [-0.3, -0.25) is 0 Å². The van der Waals surface area contributed by atoms with E-state index in [1.54, 1.807) is 7.11 Å². The zero-order chi connectivity index (χ0) is 17.7. The fourth-order valence-electron chi connectivity index (χ4n) is 2.55. The minimum Gasteiger partial charge on any atom is -0.472 e. The molecule has 5 heteroatoms. The Labute approximate surface area is 144 Å². The van der Waals surface area contributed by atoms with Crippen molar-refractivity contribution in [3.05, 3.63) is 40.7 Å². The van der Waals surface area contributed by atoms with Crippen LogP contribution in [-0.2, 0) is 4.74 Å². The van der Waals surface area contributed by atoms with Gasteiger partial charge >= 0.3 is 0 Å². The molecular formula is C19H27N3O2. The Bertz CT molecular complexity index is 681. The van der Waals surface area contributed by atoms with Crippen molar-refractivity contribution in [2.24, 2.45) is 0 Å². The van der Waals surface area contributed by atoms with E-state index < -0.39 is 0 Å². The number of ether oxygens (including phenoxy) is 2. The van der Waals surface area contributed by atoms with E-state index in [4.69, 9.17) is 9.47 Å². The molecule has 0 aliphatic heterocycles. The third-order valence-electron chi connectivity index (χ3n) is 4.02. The topological polar surface area (TPSA) is 56.3 Å². The summed E-state index contributed by atoms with van der Waals surface area (Å²) < 4.78 is 11.2. The van der Waals surface area contributed by atoms with Crippen LogP contribution in [0.1, 0.15) is 35.9 Å². The fraction of sp³-hybridized carbons (Fsp3) is 0.474. The highest BCUT2D eigenvalue weighted by Gasteiger charge is 2.16. The van der Waals surface area contributed by atoms with Crippen molar-refractivity contribution < 1.29 is 9.47 Å². The molecule has 1 N–H and O–H groups in total. The van der Waals surface area contributed by atoms with Gasteiger partial charge in [0.1, 0.15) is 17.7 Å². The number of para-hydroxylation sites is 1. The van der Waals surface area contributed by atoms with Crippen molar-refractivity contribution in [3.63, 3.8) is 0 Å². The van der Waals surface area contributed by atoms with Crippen LogP contribution in [0.3, 0.4) is 0 Å². The van der Waals surface area contributed by atoms with Gasteiger partial charge in [0.25, 0.3) is 0 Å². The van der Waals surface area contributed by atoms with Crippen molar-refractivity contribution in [1.82, 2.24) is 9.97 Å². The van der Waals surface area contributed by atoms with Gasteiger partial charge < -0.3 is 14.8 Å². The maximum Gasteiger partial charge on any atom is 0.222 e. The zero-order valence-electron chi connectivity index (χ0n) is 15.4. The Hall–Kier alpha value is -2.14. The Kier molecular flexibility index (Phi) is 6.15.